The van der Waals surface area contributed by atoms with Crippen LogP contribution in [0.1, 0.15) is 38.5 Å². The number of allylic oxidation sites excluding steroid dienone is 2. The maximum atomic E-state index is 10.5. The minimum atomic E-state index is -0.738. The summed E-state index contributed by atoms with van der Waals surface area (Å²) in [5.74, 6) is -0.0523. The summed E-state index contributed by atoms with van der Waals surface area (Å²) in [6, 6.07) is 9.73. The lowest BCUT2D eigenvalue weighted by molar-refractivity contribution is -0.137. The SMILES string of the molecule is O=C(O)CCCC=CCC1C2CCC(O2)C1C=NNC(=S)Nc1ccccc1. The lowest BCUT2D eigenvalue weighted by Gasteiger charge is -2.23. The Labute approximate surface area is 171 Å². The van der Waals surface area contributed by atoms with Crippen LogP contribution < -0.4 is 10.7 Å². The monoisotopic (exact) mass is 401 g/mol. The number of fused-ring (bicyclic) bond motifs is 2. The average Bonchev–Trinajstić information content (AvgIpc) is 3.27. The first-order chi connectivity index (χ1) is 13.6. The molecule has 3 N–H and O–H groups in total. The van der Waals surface area contributed by atoms with Gasteiger partial charge in [0.15, 0.2) is 5.11 Å². The zero-order valence-electron chi connectivity index (χ0n) is 15.8. The predicted molar refractivity (Wildman–Crippen MR) is 114 cm³/mol. The molecule has 0 radical (unpaired) electrons. The largest absolute Gasteiger partial charge is 0.481 e. The zero-order chi connectivity index (χ0) is 19.8. The second-order valence-corrected chi connectivity index (χ2v) is 7.64. The molecule has 0 saturated carbocycles. The van der Waals surface area contributed by atoms with E-state index in [9.17, 15) is 4.79 Å². The van der Waals surface area contributed by atoms with Gasteiger partial charge in [-0.25, -0.2) is 0 Å². The first-order valence-corrected chi connectivity index (χ1v) is 10.2. The number of ether oxygens (including phenoxy) is 1. The second kappa shape index (κ2) is 10.3. The Hall–Kier alpha value is -2.25. The Bertz CT molecular complexity index is 723. The number of carboxylic acids is 1. The van der Waals surface area contributed by atoms with Gasteiger partial charge in [-0.05, 0) is 62.4 Å². The van der Waals surface area contributed by atoms with Gasteiger partial charge in [0.1, 0.15) is 0 Å². The van der Waals surface area contributed by atoms with E-state index in [2.05, 4.69) is 28.0 Å². The molecule has 0 aliphatic carbocycles. The molecule has 1 aromatic rings. The highest BCUT2D eigenvalue weighted by Crippen LogP contribution is 2.44. The molecule has 4 atom stereocenters. The number of hydrazone groups is 1. The molecule has 4 unspecified atom stereocenters. The van der Waals surface area contributed by atoms with Crippen LogP contribution in [-0.2, 0) is 9.53 Å². The van der Waals surface area contributed by atoms with Crippen LogP contribution in [0.3, 0.4) is 0 Å². The first-order valence-electron chi connectivity index (χ1n) is 9.81. The number of benzene rings is 1. The molecular formula is C21H27N3O3S. The number of thiocarbonyl (C=S) groups is 1. The molecular weight excluding hydrogens is 374 g/mol. The number of carbonyl (C=O) groups is 1. The summed E-state index contributed by atoms with van der Waals surface area (Å²) in [6.07, 6.45) is 11.5. The molecule has 1 aromatic carbocycles. The third kappa shape index (κ3) is 5.87. The van der Waals surface area contributed by atoms with E-state index in [0.29, 0.717) is 23.6 Å². The zero-order valence-corrected chi connectivity index (χ0v) is 16.6. The van der Waals surface area contributed by atoms with E-state index in [0.717, 1.165) is 31.4 Å². The van der Waals surface area contributed by atoms with Gasteiger partial charge in [-0.1, -0.05) is 30.4 Å². The van der Waals surface area contributed by atoms with Gasteiger partial charge in [-0.3, -0.25) is 10.2 Å². The van der Waals surface area contributed by atoms with E-state index in [-0.39, 0.29) is 18.4 Å². The summed E-state index contributed by atoms with van der Waals surface area (Å²) < 4.78 is 6.08. The number of carboxylic acid groups (broad SMARTS) is 1. The number of rotatable bonds is 9. The van der Waals surface area contributed by atoms with Gasteiger partial charge in [-0.2, -0.15) is 5.10 Å². The Balaban J connectivity index is 1.46. The van der Waals surface area contributed by atoms with E-state index >= 15 is 0 Å². The number of anilines is 1. The fourth-order valence-corrected chi connectivity index (χ4v) is 4.10. The van der Waals surface area contributed by atoms with E-state index in [1.165, 1.54) is 0 Å². The summed E-state index contributed by atoms with van der Waals surface area (Å²) in [6.45, 7) is 0. The summed E-state index contributed by atoms with van der Waals surface area (Å²) >= 11 is 5.28. The highest BCUT2D eigenvalue weighted by molar-refractivity contribution is 7.80. The van der Waals surface area contributed by atoms with Crippen molar-refractivity contribution in [1.29, 1.82) is 0 Å². The molecule has 2 heterocycles. The van der Waals surface area contributed by atoms with Crippen LogP contribution in [0.25, 0.3) is 0 Å². The normalized spacial score (nSPS) is 26.1. The van der Waals surface area contributed by atoms with Gasteiger partial charge in [0.2, 0.25) is 0 Å². The number of nitrogens with zero attached hydrogens (tertiary/aromatic N) is 1. The smallest absolute Gasteiger partial charge is 0.303 e. The lowest BCUT2D eigenvalue weighted by atomic mass is 9.78. The van der Waals surface area contributed by atoms with E-state index in [4.69, 9.17) is 22.1 Å². The Kier molecular flexibility index (Phi) is 7.56. The Morgan fingerprint density at radius 2 is 2.04 bits per heavy atom. The molecule has 28 heavy (non-hydrogen) atoms. The van der Waals surface area contributed by atoms with E-state index in [1.807, 2.05) is 36.5 Å². The predicted octanol–water partition coefficient (Wildman–Crippen LogP) is 3.95. The van der Waals surface area contributed by atoms with Crippen molar-refractivity contribution in [3.63, 3.8) is 0 Å². The quantitative estimate of drug-likeness (QED) is 0.191. The number of hydrogen-bond acceptors (Lipinski definition) is 4. The van der Waals surface area contributed by atoms with Gasteiger partial charge in [0.25, 0.3) is 0 Å². The third-order valence-corrected chi connectivity index (χ3v) is 5.46. The van der Waals surface area contributed by atoms with Gasteiger partial charge in [-0.15, -0.1) is 0 Å². The van der Waals surface area contributed by atoms with Crippen LogP contribution in [-0.4, -0.2) is 34.6 Å². The fourth-order valence-electron chi connectivity index (χ4n) is 3.93. The molecule has 2 aliphatic rings. The van der Waals surface area contributed by atoms with Crippen LogP contribution in [0.5, 0.6) is 0 Å². The minimum absolute atomic E-state index is 0.222. The molecule has 2 aliphatic heterocycles. The van der Waals surface area contributed by atoms with Crippen molar-refractivity contribution in [1.82, 2.24) is 5.43 Å². The Morgan fingerprint density at radius 3 is 2.82 bits per heavy atom. The molecule has 0 spiro atoms. The molecule has 0 aromatic heterocycles. The molecule has 2 saturated heterocycles. The Morgan fingerprint density at radius 1 is 1.25 bits per heavy atom. The number of nitrogens with one attached hydrogen (secondary N) is 2. The third-order valence-electron chi connectivity index (χ3n) is 5.27. The van der Waals surface area contributed by atoms with Crippen LogP contribution in [0.4, 0.5) is 5.69 Å². The topological polar surface area (TPSA) is 83.0 Å². The van der Waals surface area contributed by atoms with E-state index < -0.39 is 5.97 Å². The molecule has 0 amide bonds. The number of para-hydroxylation sites is 1. The van der Waals surface area contributed by atoms with Crippen molar-refractivity contribution in [3.8, 4) is 0 Å². The van der Waals surface area contributed by atoms with Crippen molar-refractivity contribution in [2.24, 2.45) is 16.9 Å². The van der Waals surface area contributed by atoms with Gasteiger partial charge < -0.3 is 15.2 Å². The summed E-state index contributed by atoms with van der Waals surface area (Å²) in [7, 11) is 0. The van der Waals surface area contributed by atoms with Crippen molar-refractivity contribution < 1.29 is 14.6 Å². The highest BCUT2D eigenvalue weighted by atomic mass is 32.1. The number of unbranched alkanes of at least 4 members (excludes halogenated alkanes) is 1. The van der Waals surface area contributed by atoms with Crippen molar-refractivity contribution >= 4 is 35.2 Å². The lowest BCUT2D eigenvalue weighted by Crippen LogP contribution is -2.30. The average molecular weight is 402 g/mol. The van der Waals surface area contributed by atoms with Crippen molar-refractivity contribution in [2.45, 2.75) is 50.7 Å². The fraction of sp³-hybridized carbons (Fsp3) is 0.476. The summed E-state index contributed by atoms with van der Waals surface area (Å²) in [5.41, 5.74) is 3.81. The molecule has 150 valence electrons. The molecule has 2 bridgehead atoms. The van der Waals surface area contributed by atoms with Crippen LogP contribution in [0.15, 0.2) is 47.6 Å². The van der Waals surface area contributed by atoms with Crippen LogP contribution in [0.2, 0.25) is 0 Å². The molecule has 7 heteroatoms. The highest BCUT2D eigenvalue weighted by Gasteiger charge is 2.47. The maximum Gasteiger partial charge on any atom is 0.303 e. The maximum absolute atomic E-state index is 10.5. The second-order valence-electron chi connectivity index (χ2n) is 7.23. The van der Waals surface area contributed by atoms with Gasteiger partial charge >= 0.3 is 5.97 Å². The molecule has 2 fully saturated rings. The van der Waals surface area contributed by atoms with E-state index in [1.54, 1.807) is 0 Å². The standard InChI is InChI=1S/C21H27N3O3S/c25-20(26)11-7-2-1-6-10-16-17(19-13-12-18(16)27-19)14-22-24-21(28)23-15-8-4-3-5-9-15/h1,3-6,8-9,14,16-19H,2,7,10-13H2,(H,25,26)(H2,23,24,28). The number of aliphatic carboxylic acids is 1. The van der Waals surface area contributed by atoms with Gasteiger partial charge in [0, 0.05) is 24.2 Å². The van der Waals surface area contributed by atoms with Crippen LogP contribution >= 0.6 is 12.2 Å². The van der Waals surface area contributed by atoms with Crippen molar-refractivity contribution in [3.05, 3.63) is 42.5 Å². The molecule has 6 nitrogen and oxygen atoms in total. The van der Waals surface area contributed by atoms with Crippen LogP contribution in [0, 0.1) is 11.8 Å². The number of hydrogen-bond donors (Lipinski definition) is 3. The summed E-state index contributed by atoms with van der Waals surface area (Å²) in [4.78, 5) is 10.5. The minimum Gasteiger partial charge on any atom is -0.481 e. The van der Waals surface area contributed by atoms with Crippen molar-refractivity contribution in [2.75, 3.05) is 5.32 Å². The van der Waals surface area contributed by atoms with Gasteiger partial charge in [0.05, 0.1) is 12.2 Å². The first kappa shape index (κ1) is 20.5. The summed E-state index contributed by atoms with van der Waals surface area (Å²) in [5, 5.41) is 16.6. The molecule has 3 rings (SSSR count).